The summed E-state index contributed by atoms with van der Waals surface area (Å²) in [5, 5.41) is 0.289. The Hall–Kier alpha value is -3.85. The summed E-state index contributed by atoms with van der Waals surface area (Å²) in [7, 11) is 0. The molecule has 4 rings (SSSR count). The van der Waals surface area contributed by atoms with Crippen molar-refractivity contribution in [1.82, 2.24) is 9.97 Å². The lowest BCUT2D eigenvalue weighted by Crippen LogP contribution is -2.00. The van der Waals surface area contributed by atoms with Crippen LogP contribution in [-0.2, 0) is 12.8 Å². The van der Waals surface area contributed by atoms with E-state index in [1.54, 1.807) is 24.5 Å². The lowest BCUT2D eigenvalue weighted by molar-refractivity contribution is 0.314. The van der Waals surface area contributed by atoms with E-state index in [1.165, 1.54) is 6.07 Å². The second-order valence-electron chi connectivity index (χ2n) is 7.55. The fourth-order valence-electron chi connectivity index (χ4n) is 3.30. The molecule has 0 spiro atoms. The fourth-order valence-corrected chi connectivity index (χ4v) is 3.30. The van der Waals surface area contributed by atoms with Crippen molar-refractivity contribution in [2.24, 2.45) is 0 Å². The highest BCUT2D eigenvalue weighted by Crippen LogP contribution is 2.24. The first-order chi connectivity index (χ1) is 16.0. The van der Waals surface area contributed by atoms with Gasteiger partial charge in [0.05, 0.1) is 19.0 Å². The number of hydrogen-bond donors (Lipinski definition) is 0. The number of aryl methyl sites for hydroxylation is 2. The molecule has 4 aromatic rings. The van der Waals surface area contributed by atoms with E-state index in [9.17, 15) is 13.2 Å². The van der Waals surface area contributed by atoms with Crippen molar-refractivity contribution < 1.29 is 17.9 Å². The number of fused-ring (bicyclic) bond motifs is 1. The molecule has 1 aromatic heterocycles. The van der Waals surface area contributed by atoms with Gasteiger partial charge in [-0.15, -0.1) is 0 Å². The Morgan fingerprint density at radius 3 is 2.24 bits per heavy atom. The van der Waals surface area contributed by atoms with E-state index >= 15 is 0 Å². The highest BCUT2D eigenvalue weighted by Gasteiger charge is 2.13. The maximum atomic E-state index is 13.8. The van der Waals surface area contributed by atoms with Crippen LogP contribution in [0.15, 0.2) is 60.9 Å². The zero-order valence-corrected chi connectivity index (χ0v) is 18.0. The van der Waals surface area contributed by atoms with Gasteiger partial charge in [0.2, 0.25) is 0 Å². The second-order valence-corrected chi connectivity index (χ2v) is 7.55. The molecular weight excluding hydrogens is 425 g/mol. The van der Waals surface area contributed by atoms with Crippen molar-refractivity contribution in [2.45, 2.75) is 26.2 Å². The van der Waals surface area contributed by atoms with E-state index in [1.807, 2.05) is 31.2 Å². The lowest BCUT2D eigenvalue weighted by atomic mass is 10.0. The van der Waals surface area contributed by atoms with Crippen molar-refractivity contribution in [2.75, 3.05) is 6.61 Å². The van der Waals surface area contributed by atoms with E-state index in [-0.39, 0.29) is 10.8 Å². The molecule has 33 heavy (non-hydrogen) atoms. The molecule has 3 aromatic carbocycles. The van der Waals surface area contributed by atoms with Gasteiger partial charge in [-0.05, 0) is 54.1 Å². The molecule has 0 aliphatic rings. The van der Waals surface area contributed by atoms with Gasteiger partial charge in [-0.25, -0.2) is 23.1 Å². The molecular formula is C27H21F3N2O. The van der Waals surface area contributed by atoms with Gasteiger partial charge in [-0.1, -0.05) is 37.0 Å². The molecule has 0 saturated carbocycles. The zero-order chi connectivity index (χ0) is 23.2. The molecule has 166 valence electrons. The minimum Gasteiger partial charge on any atom is -0.490 e. The van der Waals surface area contributed by atoms with Crippen LogP contribution in [0.4, 0.5) is 13.2 Å². The van der Waals surface area contributed by atoms with Crippen molar-refractivity contribution in [3.05, 3.63) is 101 Å². The lowest BCUT2D eigenvalue weighted by Gasteiger charge is -2.05. The summed E-state index contributed by atoms with van der Waals surface area (Å²) in [6.45, 7) is 2.69. The van der Waals surface area contributed by atoms with Crippen LogP contribution in [0.1, 0.15) is 35.9 Å². The van der Waals surface area contributed by atoms with Gasteiger partial charge in [0.15, 0.2) is 23.2 Å². The molecule has 0 amide bonds. The third-order valence-electron chi connectivity index (χ3n) is 5.07. The van der Waals surface area contributed by atoms with Gasteiger partial charge in [0.1, 0.15) is 5.82 Å². The molecule has 0 N–H and O–H groups in total. The summed E-state index contributed by atoms with van der Waals surface area (Å²) >= 11 is 0. The largest absolute Gasteiger partial charge is 0.490 e. The molecule has 0 atom stereocenters. The Morgan fingerprint density at radius 2 is 1.52 bits per heavy atom. The molecule has 0 fully saturated rings. The van der Waals surface area contributed by atoms with Crippen LogP contribution in [0.5, 0.6) is 5.75 Å². The highest BCUT2D eigenvalue weighted by molar-refractivity contribution is 5.84. The van der Waals surface area contributed by atoms with Gasteiger partial charge in [-0.2, -0.15) is 0 Å². The number of rotatable bonds is 6. The normalized spacial score (nSPS) is 10.7. The Balaban J connectivity index is 1.40. The third-order valence-corrected chi connectivity index (χ3v) is 5.07. The van der Waals surface area contributed by atoms with Crippen LogP contribution in [0.2, 0.25) is 0 Å². The standard InChI is InChI=1S/C27H21F3N2O/c1-2-13-33-22-16-31-25(32-17-22)12-10-19-5-3-18(4-6-19)7-8-20-9-11-23-21(14-20)15-24(28)27(30)26(23)29/h3-6,9,11,14-17H,2,10,12-13H2,1H3. The van der Waals surface area contributed by atoms with E-state index in [2.05, 4.69) is 21.8 Å². The van der Waals surface area contributed by atoms with Crippen molar-refractivity contribution in [3.63, 3.8) is 0 Å². The number of hydrogen-bond acceptors (Lipinski definition) is 3. The van der Waals surface area contributed by atoms with Crippen LogP contribution < -0.4 is 4.74 Å². The average molecular weight is 446 g/mol. The van der Waals surface area contributed by atoms with Gasteiger partial charge in [0, 0.05) is 22.9 Å². The number of aromatic nitrogens is 2. The predicted molar refractivity (Wildman–Crippen MR) is 121 cm³/mol. The van der Waals surface area contributed by atoms with Crippen LogP contribution in [0, 0.1) is 29.3 Å². The minimum absolute atomic E-state index is 0.0240. The van der Waals surface area contributed by atoms with Crippen molar-refractivity contribution >= 4 is 10.8 Å². The maximum Gasteiger partial charge on any atom is 0.195 e. The first-order valence-electron chi connectivity index (χ1n) is 10.7. The number of nitrogens with zero attached hydrogens (tertiary/aromatic N) is 2. The molecule has 0 unspecified atom stereocenters. The molecule has 0 aliphatic heterocycles. The summed E-state index contributed by atoms with van der Waals surface area (Å²) in [4.78, 5) is 8.68. The summed E-state index contributed by atoms with van der Waals surface area (Å²) in [6, 6.07) is 13.3. The van der Waals surface area contributed by atoms with E-state index in [0.717, 1.165) is 35.9 Å². The molecule has 6 heteroatoms. The topological polar surface area (TPSA) is 35.0 Å². The Labute approximate surface area is 190 Å². The number of benzene rings is 3. The monoisotopic (exact) mass is 446 g/mol. The molecule has 0 radical (unpaired) electrons. The number of ether oxygens (including phenoxy) is 1. The maximum absolute atomic E-state index is 13.8. The van der Waals surface area contributed by atoms with Gasteiger partial charge in [-0.3, -0.25) is 0 Å². The SMILES string of the molecule is CCCOc1cnc(CCc2ccc(C#Cc3ccc4c(F)c(F)c(F)cc4c3)cc2)nc1. The molecule has 1 heterocycles. The first-order valence-corrected chi connectivity index (χ1v) is 10.7. The van der Waals surface area contributed by atoms with Crippen molar-refractivity contribution in [1.29, 1.82) is 0 Å². The molecule has 0 bridgehead atoms. The van der Waals surface area contributed by atoms with E-state index in [0.29, 0.717) is 24.3 Å². The molecule has 3 nitrogen and oxygen atoms in total. The average Bonchev–Trinajstić information content (AvgIpc) is 2.84. The first kappa shape index (κ1) is 22.3. The number of halogens is 3. The fraction of sp³-hybridized carbons (Fsp3) is 0.185. The van der Waals surface area contributed by atoms with Gasteiger partial charge < -0.3 is 4.74 Å². The Morgan fingerprint density at radius 1 is 0.818 bits per heavy atom. The molecule has 0 aliphatic carbocycles. The third kappa shape index (κ3) is 5.50. The smallest absolute Gasteiger partial charge is 0.195 e. The Kier molecular flexibility index (Phi) is 6.89. The zero-order valence-electron chi connectivity index (χ0n) is 18.0. The highest BCUT2D eigenvalue weighted by atomic mass is 19.2. The quantitative estimate of drug-likeness (QED) is 0.268. The van der Waals surface area contributed by atoms with Crippen LogP contribution in [-0.4, -0.2) is 16.6 Å². The Bertz CT molecular complexity index is 1320. The van der Waals surface area contributed by atoms with Crippen LogP contribution >= 0.6 is 0 Å². The van der Waals surface area contributed by atoms with Crippen molar-refractivity contribution in [3.8, 4) is 17.6 Å². The minimum atomic E-state index is -1.47. The van der Waals surface area contributed by atoms with E-state index in [4.69, 9.17) is 4.74 Å². The van der Waals surface area contributed by atoms with Crippen LogP contribution in [0.3, 0.4) is 0 Å². The predicted octanol–water partition coefficient (Wildman–Crippen LogP) is 6.02. The summed E-state index contributed by atoms with van der Waals surface area (Å²) in [6.07, 6.45) is 5.84. The van der Waals surface area contributed by atoms with Crippen LogP contribution in [0.25, 0.3) is 10.8 Å². The van der Waals surface area contributed by atoms with Gasteiger partial charge in [0.25, 0.3) is 0 Å². The van der Waals surface area contributed by atoms with Gasteiger partial charge >= 0.3 is 0 Å². The summed E-state index contributed by atoms with van der Waals surface area (Å²) < 4.78 is 46.2. The molecule has 0 saturated heterocycles. The summed E-state index contributed by atoms with van der Waals surface area (Å²) in [5.74, 6) is 3.59. The van der Waals surface area contributed by atoms with E-state index < -0.39 is 17.5 Å². The summed E-state index contributed by atoms with van der Waals surface area (Å²) in [5.41, 5.74) is 2.53. The second kappa shape index (κ2) is 10.2.